The molecule has 0 aromatic heterocycles. The van der Waals surface area contributed by atoms with Crippen molar-refractivity contribution in [2.24, 2.45) is 0 Å². The lowest BCUT2D eigenvalue weighted by Crippen LogP contribution is -2.11. The Morgan fingerprint density at radius 3 is 2.47 bits per heavy atom. The maximum Gasteiger partial charge on any atom is 0.255 e. The smallest absolute Gasteiger partial charge is 0.255 e. The van der Waals surface area contributed by atoms with Gasteiger partial charge in [-0.2, -0.15) is 0 Å². The lowest BCUT2D eigenvalue weighted by atomic mass is 10.1. The van der Waals surface area contributed by atoms with Crippen LogP contribution in [0.1, 0.15) is 15.9 Å². The summed E-state index contributed by atoms with van der Waals surface area (Å²) in [5.74, 6) is 0.377. The van der Waals surface area contributed by atoms with E-state index in [-0.39, 0.29) is 5.91 Å². The van der Waals surface area contributed by atoms with E-state index in [0.29, 0.717) is 22.0 Å². The van der Waals surface area contributed by atoms with E-state index in [9.17, 15) is 4.79 Å². The molecule has 2 rings (SSSR count). The summed E-state index contributed by atoms with van der Waals surface area (Å²) in [6, 6.07) is 12.1. The van der Waals surface area contributed by atoms with Gasteiger partial charge in [-0.3, -0.25) is 4.79 Å². The second-order valence-corrected chi connectivity index (χ2v) is 4.41. The zero-order chi connectivity index (χ0) is 13.8. The number of hydrogen-bond acceptors (Lipinski definition) is 2. The van der Waals surface area contributed by atoms with Crippen LogP contribution in [0.3, 0.4) is 0 Å². The van der Waals surface area contributed by atoms with Crippen LogP contribution in [-0.2, 0) is 0 Å². The predicted octanol–water partition coefficient (Wildman–Crippen LogP) is 3.78. The summed E-state index contributed by atoms with van der Waals surface area (Å²) in [6.45, 7) is 3.77. The number of rotatable bonds is 3. The number of benzene rings is 2. The Labute approximate surface area is 117 Å². The first-order valence-corrected chi connectivity index (χ1v) is 6.05. The fourth-order valence-electron chi connectivity index (χ4n) is 1.60. The number of nitrogens with one attached hydrogen (secondary N) is 1. The Kier molecular flexibility index (Phi) is 4.07. The molecule has 0 aliphatic rings. The molecule has 0 aliphatic carbocycles. The molecule has 0 saturated heterocycles. The average molecular weight is 275 g/mol. The molecule has 1 amide bonds. The molecule has 19 heavy (non-hydrogen) atoms. The Morgan fingerprint density at radius 2 is 1.89 bits per heavy atom. The van der Waals surface area contributed by atoms with E-state index in [1.807, 2.05) is 0 Å². The third-order valence-corrected chi connectivity index (χ3v) is 2.92. The molecule has 0 unspecified atom stereocenters. The minimum absolute atomic E-state index is 0.193. The van der Waals surface area contributed by atoms with Gasteiger partial charge < -0.3 is 10.1 Å². The topological polar surface area (TPSA) is 38.3 Å². The van der Waals surface area contributed by atoms with Crippen LogP contribution in [0.25, 0.3) is 0 Å². The fourth-order valence-corrected chi connectivity index (χ4v) is 1.86. The molecular formula is C15H13ClNO2. The molecular weight excluding hydrogens is 262 g/mol. The number of methoxy groups -OCH3 is 1. The van der Waals surface area contributed by atoms with Gasteiger partial charge >= 0.3 is 0 Å². The zero-order valence-corrected chi connectivity index (χ0v) is 11.2. The number of halogens is 1. The van der Waals surface area contributed by atoms with Crippen molar-refractivity contribution < 1.29 is 9.53 Å². The minimum Gasteiger partial charge on any atom is -0.495 e. The van der Waals surface area contributed by atoms with Crippen LogP contribution in [0.4, 0.5) is 5.69 Å². The van der Waals surface area contributed by atoms with Crippen molar-refractivity contribution in [1.82, 2.24) is 0 Å². The molecule has 3 nitrogen and oxygen atoms in total. The Morgan fingerprint density at radius 1 is 1.21 bits per heavy atom. The van der Waals surface area contributed by atoms with Crippen molar-refractivity contribution in [1.29, 1.82) is 0 Å². The second-order valence-electron chi connectivity index (χ2n) is 4.00. The molecule has 0 aliphatic heterocycles. The fraction of sp³-hybridized carbons (Fsp3) is 0.0667. The third-order valence-electron chi connectivity index (χ3n) is 2.63. The molecule has 1 N–H and O–H groups in total. The molecule has 4 heteroatoms. The summed E-state index contributed by atoms with van der Waals surface area (Å²) in [4.78, 5) is 12.0. The van der Waals surface area contributed by atoms with Crippen LogP contribution in [0.2, 0.25) is 5.02 Å². The number of ether oxygens (including phenoxy) is 1. The van der Waals surface area contributed by atoms with Crippen molar-refractivity contribution in [3.8, 4) is 5.75 Å². The Bertz CT molecular complexity index is 594. The standard InChI is InChI=1S/C15H13ClNO2/c1-10-3-5-11(6-4-10)15(18)17-12-7-8-14(19-2)13(16)9-12/h3-9H,1H2,2H3,(H,17,18). The van der Waals surface area contributed by atoms with Gasteiger partial charge in [-0.25, -0.2) is 0 Å². The van der Waals surface area contributed by atoms with Crippen LogP contribution in [0.5, 0.6) is 5.75 Å². The van der Waals surface area contributed by atoms with Crippen molar-refractivity contribution in [3.05, 3.63) is 65.5 Å². The zero-order valence-electron chi connectivity index (χ0n) is 10.4. The molecule has 0 atom stereocenters. The molecule has 0 heterocycles. The van der Waals surface area contributed by atoms with Crippen LogP contribution in [0, 0.1) is 6.92 Å². The van der Waals surface area contributed by atoms with Gasteiger partial charge in [0.25, 0.3) is 5.91 Å². The SMILES string of the molecule is [CH2]c1ccc(C(=O)Nc2ccc(OC)c(Cl)c2)cc1. The van der Waals surface area contributed by atoms with Crippen LogP contribution < -0.4 is 10.1 Å². The lowest BCUT2D eigenvalue weighted by molar-refractivity contribution is 0.102. The number of amides is 1. The van der Waals surface area contributed by atoms with E-state index in [0.717, 1.165) is 5.56 Å². The summed E-state index contributed by atoms with van der Waals surface area (Å²) in [6.07, 6.45) is 0. The first kappa shape index (κ1) is 13.4. The molecule has 0 fully saturated rings. The van der Waals surface area contributed by atoms with Gasteiger partial charge in [0.1, 0.15) is 5.75 Å². The van der Waals surface area contributed by atoms with Crippen molar-refractivity contribution in [3.63, 3.8) is 0 Å². The quantitative estimate of drug-likeness (QED) is 0.925. The highest BCUT2D eigenvalue weighted by molar-refractivity contribution is 6.32. The number of carbonyl (C=O) groups excluding carboxylic acids is 1. The highest BCUT2D eigenvalue weighted by atomic mass is 35.5. The Hall–Kier alpha value is -2.00. The van der Waals surface area contributed by atoms with Crippen LogP contribution in [0.15, 0.2) is 42.5 Å². The maximum absolute atomic E-state index is 12.0. The molecule has 2 aromatic rings. The van der Waals surface area contributed by atoms with E-state index >= 15 is 0 Å². The summed E-state index contributed by atoms with van der Waals surface area (Å²) in [5, 5.41) is 3.22. The maximum atomic E-state index is 12.0. The third kappa shape index (κ3) is 3.26. The van der Waals surface area contributed by atoms with E-state index in [1.54, 1.807) is 49.6 Å². The van der Waals surface area contributed by atoms with Crippen LogP contribution in [-0.4, -0.2) is 13.0 Å². The lowest BCUT2D eigenvalue weighted by Gasteiger charge is -2.08. The monoisotopic (exact) mass is 274 g/mol. The Balaban J connectivity index is 2.14. The van der Waals surface area contributed by atoms with E-state index in [2.05, 4.69) is 12.2 Å². The molecule has 0 saturated carbocycles. The highest BCUT2D eigenvalue weighted by Gasteiger charge is 2.07. The van der Waals surface area contributed by atoms with E-state index < -0.39 is 0 Å². The predicted molar refractivity (Wildman–Crippen MR) is 76.9 cm³/mol. The molecule has 97 valence electrons. The van der Waals surface area contributed by atoms with Crippen molar-refractivity contribution >= 4 is 23.2 Å². The second kappa shape index (κ2) is 5.76. The van der Waals surface area contributed by atoms with Gasteiger partial charge in [0.05, 0.1) is 12.1 Å². The summed E-state index contributed by atoms with van der Waals surface area (Å²) < 4.78 is 5.05. The first-order chi connectivity index (χ1) is 9.10. The summed E-state index contributed by atoms with van der Waals surface area (Å²) in [7, 11) is 1.54. The normalized spacial score (nSPS) is 10.1. The number of carbonyl (C=O) groups is 1. The molecule has 0 spiro atoms. The van der Waals surface area contributed by atoms with Crippen molar-refractivity contribution in [2.75, 3.05) is 12.4 Å². The van der Waals surface area contributed by atoms with Crippen molar-refractivity contribution in [2.45, 2.75) is 0 Å². The molecule has 1 radical (unpaired) electrons. The van der Waals surface area contributed by atoms with Gasteiger partial charge in [-0.05, 0) is 42.8 Å². The first-order valence-electron chi connectivity index (χ1n) is 5.67. The van der Waals surface area contributed by atoms with E-state index in [1.165, 1.54) is 0 Å². The van der Waals surface area contributed by atoms with Gasteiger partial charge in [0.2, 0.25) is 0 Å². The van der Waals surface area contributed by atoms with Gasteiger partial charge in [0, 0.05) is 11.3 Å². The molecule has 0 bridgehead atoms. The number of anilines is 1. The minimum atomic E-state index is -0.193. The average Bonchev–Trinajstić information content (AvgIpc) is 2.39. The number of hydrogen-bond donors (Lipinski definition) is 1. The highest BCUT2D eigenvalue weighted by Crippen LogP contribution is 2.27. The summed E-state index contributed by atoms with van der Waals surface area (Å²) >= 11 is 6.00. The van der Waals surface area contributed by atoms with Gasteiger partial charge in [0.15, 0.2) is 0 Å². The van der Waals surface area contributed by atoms with E-state index in [4.69, 9.17) is 16.3 Å². The summed E-state index contributed by atoms with van der Waals surface area (Å²) in [5.41, 5.74) is 2.05. The molecule has 2 aromatic carbocycles. The van der Waals surface area contributed by atoms with Gasteiger partial charge in [-0.1, -0.05) is 23.7 Å². The largest absolute Gasteiger partial charge is 0.495 e. The van der Waals surface area contributed by atoms with Crippen LogP contribution >= 0.6 is 11.6 Å². The van der Waals surface area contributed by atoms with Gasteiger partial charge in [-0.15, -0.1) is 0 Å².